The summed E-state index contributed by atoms with van der Waals surface area (Å²) in [4.78, 5) is 11.9. The smallest absolute Gasteiger partial charge is 0.724 e. The number of hydrazine groups is 1. The molecule has 1 unspecified atom stereocenters. The average molecular weight is 242 g/mol. The Balaban J connectivity index is 0.00000225. The second kappa shape index (κ2) is 8.31. The average Bonchev–Trinajstić information content (AvgIpc) is 2.29. The van der Waals surface area contributed by atoms with Gasteiger partial charge in [-0.15, -0.1) is 4.91 Å². The molecule has 1 heterocycles. The third kappa shape index (κ3) is 5.02. The van der Waals surface area contributed by atoms with Gasteiger partial charge in [-0.1, -0.05) is 0 Å². The number of aliphatic hydroxyl groups excluding tert-OH is 2. The SMILES string of the molecule is O=NN([O-])N1CCN(CC(O)CO)CC1.[Na+]. The van der Waals surface area contributed by atoms with Crippen LogP contribution in [0.15, 0.2) is 5.29 Å². The number of hydrogen-bond donors (Lipinski definition) is 2. The van der Waals surface area contributed by atoms with Gasteiger partial charge >= 0.3 is 29.6 Å². The van der Waals surface area contributed by atoms with E-state index in [4.69, 9.17) is 5.11 Å². The molecule has 2 N–H and O–H groups in total. The number of nitroso groups, excluding NO2 is 1. The summed E-state index contributed by atoms with van der Waals surface area (Å²) >= 11 is 0. The number of hydrogen-bond acceptors (Lipinski definition) is 7. The minimum absolute atomic E-state index is 0. The minimum atomic E-state index is -0.760. The fourth-order valence-electron chi connectivity index (χ4n) is 1.50. The second-order valence-corrected chi connectivity index (χ2v) is 3.43. The quantitative estimate of drug-likeness (QED) is 0.284. The van der Waals surface area contributed by atoms with E-state index in [0.29, 0.717) is 32.7 Å². The molecule has 1 saturated heterocycles. The summed E-state index contributed by atoms with van der Waals surface area (Å²) in [6.45, 7) is 2.01. The third-order valence-corrected chi connectivity index (χ3v) is 2.34. The van der Waals surface area contributed by atoms with E-state index in [0.717, 1.165) is 0 Å². The van der Waals surface area contributed by atoms with Gasteiger partial charge in [0.2, 0.25) is 0 Å². The van der Waals surface area contributed by atoms with Crippen LogP contribution in [0.4, 0.5) is 0 Å². The summed E-state index contributed by atoms with van der Waals surface area (Å²) in [5.74, 6) is 0. The van der Waals surface area contributed by atoms with Crippen LogP contribution in [-0.2, 0) is 0 Å². The second-order valence-electron chi connectivity index (χ2n) is 3.43. The molecule has 9 heteroatoms. The van der Waals surface area contributed by atoms with E-state index in [-0.39, 0.29) is 41.4 Å². The van der Waals surface area contributed by atoms with Crippen molar-refractivity contribution in [1.29, 1.82) is 0 Å². The molecule has 8 nitrogen and oxygen atoms in total. The zero-order valence-corrected chi connectivity index (χ0v) is 11.3. The predicted octanol–water partition coefficient (Wildman–Crippen LogP) is -4.64. The number of rotatable bonds is 5. The molecule has 88 valence electrons. The molecule has 0 aromatic carbocycles. The Morgan fingerprint density at radius 2 is 1.94 bits per heavy atom. The van der Waals surface area contributed by atoms with Crippen LogP contribution in [0, 0.1) is 10.1 Å². The van der Waals surface area contributed by atoms with Gasteiger partial charge in [-0.3, -0.25) is 10.2 Å². The van der Waals surface area contributed by atoms with Crippen molar-refractivity contribution in [1.82, 2.24) is 15.2 Å². The maximum atomic E-state index is 10.8. The molecule has 16 heavy (non-hydrogen) atoms. The van der Waals surface area contributed by atoms with Gasteiger partial charge in [0.1, 0.15) is 0 Å². The topological polar surface area (TPSA) is 103 Å². The molecular weight excluding hydrogens is 227 g/mol. The molecule has 1 aliphatic heterocycles. The fraction of sp³-hybridized carbons (Fsp3) is 1.00. The first-order valence-electron chi connectivity index (χ1n) is 4.74. The van der Waals surface area contributed by atoms with E-state index in [1.165, 1.54) is 5.01 Å². The van der Waals surface area contributed by atoms with Crippen LogP contribution in [0.5, 0.6) is 0 Å². The first-order chi connectivity index (χ1) is 7.17. The molecular formula is C7H15N4NaO4. The molecule has 1 aliphatic rings. The number of aliphatic hydroxyl groups is 2. The summed E-state index contributed by atoms with van der Waals surface area (Å²) < 4.78 is 0. The first-order valence-corrected chi connectivity index (χ1v) is 4.74. The molecule has 1 atom stereocenters. The Morgan fingerprint density at radius 3 is 2.38 bits per heavy atom. The molecule has 0 spiro atoms. The molecule has 0 radical (unpaired) electrons. The Bertz CT molecular complexity index is 203. The van der Waals surface area contributed by atoms with Crippen LogP contribution >= 0.6 is 0 Å². The normalized spacial score (nSPS) is 19.9. The zero-order valence-electron chi connectivity index (χ0n) is 9.32. The number of piperazine rings is 1. The van der Waals surface area contributed by atoms with Crippen LogP contribution in [0.2, 0.25) is 0 Å². The first kappa shape index (κ1) is 16.2. The van der Waals surface area contributed by atoms with Gasteiger partial charge < -0.3 is 15.4 Å². The van der Waals surface area contributed by atoms with Crippen LogP contribution in [0.1, 0.15) is 0 Å². The van der Waals surface area contributed by atoms with Gasteiger partial charge in [0.25, 0.3) is 0 Å². The van der Waals surface area contributed by atoms with Gasteiger partial charge in [-0.05, 0) is 0 Å². The van der Waals surface area contributed by atoms with Crippen molar-refractivity contribution < 1.29 is 39.8 Å². The summed E-state index contributed by atoms with van der Waals surface area (Å²) in [5, 5.41) is 32.2. The van der Waals surface area contributed by atoms with Gasteiger partial charge in [0.15, 0.2) is 0 Å². The predicted molar refractivity (Wildman–Crippen MR) is 52.1 cm³/mol. The Kier molecular flexibility index (Phi) is 8.42. The molecule has 1 rings (SSSR count). The number of nitrogens with zero attached hydrogens (tertiary/aromatic N) is 4. The van der Waals surface area contributed by atoms with Gasteiger partial charge in [0, 0.05) is 32.7 Å². The summed E-state index contributed by atoms with van der Waals surface area (Å²) in [6.07, 6.45) is -0.760. The molecule has 0 saturated carbocycles. The molecule has 0 aromatic heterocycles. The Labute approximate surface area is 116 Å². The Morgan fingerprint density at radius 1 is 1.38 bits per heavy atom. The van der Waals surface area contributed by atoms with Crippen molar-refractivity contribution in [3.8, 4) is 0 Å². The van der Waals surface area contributed by atoms with E-state index in [1.807, 2.05) is 4.90 Å². The van der Waals surface area contributed by atoms with E-state index in [2.05, 4.69) is 5.29 Å². The van der Waals surface area contributed by atoms with Crippen molar-refractivity contribution in [2.24, 2.45) is 5.29 Å². The van der Waals surface area contributed by atoms with Crippen LogP contribution in [-0.4, -0.2) is 70.8 Å². The van der Waals surface area contributed by atoms with Crippen molar-refractivity contribution in [3.63, 3.8) is 0 Å². The maximum Gasteiger partial charge on any atom is 1.00 e. The van der Waals surface area contributed by atoms with E-state index >= 15 is 0 Å². The maximum absolute atomic E-state index is 10.8. The molecule has 1 fully saturated rings. The van der Waals surface area contributed by atoms with Crippen molar-refractivity contribution in [2.75, 3.05) is 39.3 Å². The minimum Gasteiger partial charge on any atom is -0.724 e. The van der Waals surface area contributed by atoms with E-state index in [9.17, 15) is 15.2 Å². The van der Waals surface area contributed by atoms with Crippen LogP contribution in [0.3, 0.4) is 0 Å². The molecule has 0 aromatic rings. The van der Waals surface area contributed by atoms with Gasteiger partial charge in [0.05, 0.1) is 18.0 Å². The van der Waals surface area contributed by atoms with Crippen molar-refractivity contribution in [3.05, 3.63) is 10.1 Å². The standard InChI is InChI=1S/C7H15N4O4.Na/c12-6-7(13)5-9-1-3-10(4-2-9)11(15)8-14;/h7,12-13H,1-6H2;/q-1;+1. The third-order valence-electron chi connectivity index (χ3n) is 2.34. The summed E-state index contributed by atoms with van der Waals surface area (Å²) in [5.41, 5.74) is 0. The van der Waals surface area contributed by atoms with Crippen LogP contribution in [0.25, 0.3) is 0 Å². The fourth-order valence-corrected chi connectivity index (χ4v) is 1.50. The van der Waals surface area contributed by atoms with Crippen LogP contribution < -0.4 is 29.6 Å². The van der Waals surface area contributed by atoms with Crippen molar-refractivity contribution in [2.45, 2.75) is 6.10 Å². The molecule has 0 amide bonds. The summed E-state index contributed by atoms with van der Waals surface area (Å²) in [7, 11) is 0. The Hall–Kier alpha value is 0.200. The van der Waals surface area contributed by atoms with Crippen molar-refractivity contribution >= 4 is 0 Å². The van der Waals surface area contributed by atoms with E-state index < -0.39 is 6.10 Å². The van der Waals surface area contributed by atoms with Gasteiger partial charge in [-0.25, -0.2) is 5.01 Å². The van der Waals surface area contributed by atoms with E-state index in [1.54, 1.807) is 0 Å². The number of β-amino-alcohol motifs (C(OH)–C–C–N with tert-alkyl or cyclic N) is 1. The zero-order chi connectivity index (χ0) is 11.3. The molecule has 0 aliphatic carbocycles. The summed E-state index contributed by atoms with van der Waals surface area (Å²) in [6, 6.07) is 0. The van der Waals surface area contributed by atoms with Gasteiger partial charge in [-0.2, -0.15) is 0 Å². The largest absolute Gasteiger partial charge is 1.00 e. The monoisotopic (exact) mass is 242 g/mol. The molecule has 0 bridgehead atoms.